The molecule has 1 N–H and O–H groups in total. The number of benzene rings is 1. The van der Waals surface area contributed by atoms with Gasteiger partial charge in [0.15, 0.2) is 0 Å². The van der Waals surface area contributed by atoms with Crippen molar-refractivity contribution in [3.63, 3.8) is 0 Å². The van der Waals surface area contributed by atoms with Crippen molar-refractivity contribution >= 4 is 33.8 Å². The number of hydrogen-bond acceptors (Lipinski definition) is 4. The predicted molar refractivity (Wildman–Crippen MR) is 83.0 cm³/mol. The molecule has 7 heteroatoms. The number of alkyl carbamates (subject to hydrolysis) is 1. The van der Waals surface area contributed by atoms with Crippen LogP contribution < -0.4 is 5.32 Å². The number of imide groups is 1. The molecule has 1 aliphatic rings. The van der Waals surface area contributed by atoms with E-state index in [9.17, 15) is 14.4 Å². The molecular weight excluding hydrogens is 352 g/mol. The average Bonchev–Trinajstić information content (AvgIpc) is 2.83. The van der Waals surface area contributed by atoms with E-state index in [1.54, 1.807) is 6.92 Å². The van der Waals surface area contributed by atoms with E-state index in [1.807, 2.05) is 30.3 Å². The standard InChI is InChI=1S/C15H17BrN2O4/c1-10(16)14(18-12(19)7-8-13(18)20)17-15(21)22-9-11-5-3-2-4-6-11/h2-6,10,14H,7-9H2,1H3,(H,17,21). The first-order valence-corrected chi connectivity index (χ1v) is 7.87. The number of likely N-dealkylation sites (tertiary alicyclic amines) is 1. The Hall–Kier alpha value is -1.89. The van der Waals surface area contributed by atoms with Gasteiger partial charge in [-0.1, -0.05) is 46.3 Å². The Bertz CT molecular complexity index is 546. The summed E-state index contributed by atoms with van der Waals surface area (Å²) < 4.78 is 5.12. The Morgan fingerprint density at radius 3 is 2.41 bits per heavy atom. The predicted octanol–water partition coefficient (Wildman–Crippen LogP) is 2.17. The van der Waals surface area contributed by atoms with Crippen LogP contribution in [0.15, 0.2) is 30.3 Å². The zero-order valence-electron chi connectivity index (χ0n) is 12.1. The zero-order chi connectivity index (χ0) is 16.1. The minimum Gasteiger partial charge on any atom is -0.445 e. The van der Waals surface area contributed by atoms with Crippen molar-refractivity contribution in [1.29, 1.82) is 0 Å². The van der Waals surface area contributed by atoms with Gasteiger partial charge in [0.2, 0.25) is 11.8 Å². The molecule has 0 aliphatic carbocycles. The van der Waals surface area contributed by atoms with Crippen molar-refractivity contribution in [2.75, 3.05) is 0 Å². The molecule has 0 radical (unpaired) electrons. The van der Waals surface area contributed by atoms with Crippen LogP contribution in [0.3, 0.4) is 0 Å². The first-order valence-electron chi connectivity index (χ1n) is 6.95. The lowest BCUT2D eigenvalue weighted by atomic mass is 10.2. The molecule has 6 nitrogen and oxygen atoms in total. The van der Waals surface area contributed by atoms with Gasteiger partial charge in [0, 0.05) is 12.8 Å². The van der Waals surface area contributed by atoms with Crippen LogP contribution in [0.25, 0.3) is 0 Å². The van der Waals surface area contributed by atoms with Crippen LogP contribution in [-0.2, 0) is 20.9 Å². The van der Waals surface area contributed by atoms with Gasteiger partial charge >= 0.3 is 6.09 Å². The molecule has 2 atom stereocenters. The van der Waals surface area contributed by atoms with Crippen molar-refractivity contribution in [1.82, 2.24) is 10.2 Å². The summed E-state index contributed by atoms with van der Waals surface area (Å²) in [6.07, 6.45) is -1.08. The normalized spacial score (nSPS) is 17.3. The average molecular weight is 369 g/mol. The number of carbonyl (C=O) groups is 3. The maximum atomic E-state index is 11.9. The van der Waals surface area contributed by atoms with E-state index in [4.69, 9.17) is 4.74 Å². The minimum absolute atomic E-state index is 0.123. The number of ether oxygens (including phenoxy) is 1. The van der Waals surface area contributed by atoms with Gasteiger partial charge in [0.1, 0.15) is 12.8 Å². The summed E-state index contributed by atoms with van der Waals surface area (Å²) in [7, 11) is 0. The number of carbonyl (C=O) groups excluding carboxylic acids is 3. The van der Waals surface area contributed by atoms with Crippen LogP contribution in [0.2, 0.25) is 0 Å². The molecule has 3 amide bonds. The smallest absolute Gasteiger partial charge is 0.409 e. The lowest BCUT2D eigenvalue weighted by molar-refractivity contribution is -0.141. The molecule has 2 unspecified atom stereocenters. The SMILES string of the molecule is CC(Br)C(NC(=O)OCc1ccccc1)N1C(=O)CCC1=O. The second-order valence-electron chi connectivity index (χ2n) is 4.99. The lowest BCUT2D eigenvalue weighted by Crippen LogP contribution is -2.54. The highest BCUT2D eigenvalue weighted by Gasteiger charge is 2.38. The van der Waals surface area contributed by atoms with Gasteiger partial charge < -0.3 is 4.74 Å². The molecule has 0 bridgehead atoms. The largest absolute Gasteiger partial charge is 0.445 e. The van der Waals surface area contributed by atoms with Gasteiger partial charge in [-0.05, 0) is 12.5 Å². The topological polar surface area (TPSA) is 75.7 Å². The molecule has 0 spiro atoms. The van der Waals surface area contributed by atoms with Gasteiger partial charge in [-0.2, -0.15) is 0 Å². The highest BCUT2D eigenvalue weighted by Crippen LogP contribution is 2.19. The summed E-state index contributed by atoms with van der Waals surface area (Å²) in [5.41, 5.74) is 0.856. The van der Waals surface area contributed by atoms with Crippen LogP contribution in [0.5, 0.6) is 0 Å². The van der Waals surface area contributed by atoms with E-state index in [1.165, 1.54) is 0 Å². The highest BCUT2D eigenvalue weighted by atomic mass is 79.9. The first kappa shape index (κ1) is 16.5. The number of halogens is 1. The van der Waals surface area contributed by atoms with Crippen molar-refractivity contribution in [3.05, 3.63) is 35.9 Å². The Labute approximate surface area is 136 Å². The molecule has 1 aliphatic heterocycles. The van der Waals surface area contributed by atoms with Crippen molar-refractivity contribution in [2.24, 2.45) is 0 Å². The zero-order valence-corrected chi connectivity index (χ0v) is 13.7. The Morgan fingerprint density at radius 1 is 1.27 bits per heavy atom. The van der Waals surface area contributed by atoms with Crippen molar-refractivity contribution in [2.45, 2.75) is 37.4 Å². The highest BCUT2D eigenvalue weighted by molar-refractivity contribution is 9.09. The van der Waals surface area contributed by atoms with Gasteiger partial charge in [0.25, 0.3) is 0 Å². The summed E-state index contributed by atoms with van der Waals surface area (Å²) in [6, 6.07) is 9.25. The monoisotopic (exact) mass is 368 g/mol. The molecule has 1 aromatic rings. The summed E-state index contributed by atoms with van der Waals surface area (Å²) in [5.74, 6) is -0.575. The lowest BCUT2D eigenvalue weighted by Gasteiger charge is -2.28. The number of rotatable bonds is 5. The number of nitrogens with zero attached hydrogens (tertiary/aromatic N) is 1. The molecule has 1 heterocycles. The van der Waals surface area contributed by atoms with Crippen LogP contribution in [0.4, 0.5) is 4.79 Å². The summed E-state index contributed by atoms with van der Waals surface area (Å²) in [5, 5.41) is 2.57. The van der Waals surface area contributed by atoms with E-state index in [0.717, 1.165) is 10.5 Å². The summed E-state index contributed by atoms with van der Waals surface area (Å²) in [6.45, 7) is 1.87. The molecule has 118 valence electrons. The molecular formula is C15H17BrN2O4. The van der Waals surface area contributed by atoms with Crippen LogP contribution >= 0.6 is 15.9 Å². The number of hydrogen-bond donors (Lipinski definition) is 1. The molecule has 2 rings (SSSR count). The van der Waals surface area contributed by atoms with Crippen LogP contribution in [0.1, 0.15) is 25.3 Å². The Balaban J connectivity index is 1.94. The Morgan fingerprint density at radius 2 is 1.86 bits per heavy atom. The van der Waals surface area contributed by atoms with E-state index in [2.05, 4.69) is 21.2 Å². The summed E-state index contributed by atoms with van der Waals surface area (Å²) in [4.78, 5) is 36.3. The summed E-state index contributed by atoms with van der Waals surface area (Å²) >= 11 is 3.31. The van der Waals surface area contributed by atoms with Crippen LogP contribution in [-0.4, -0.2) is 33.8 Å². The second-order valence-corrected chi connectivity index (χ2v) is 6.43. The van der Waals surface area contributed by atoms with E-state index in [0.29, 0.717) is 0 Å². The van der Waals surface area contributed by atoms with Gasteiger partial charge in [-0.3, -0.25) is 19.8 Å². The Kier molecular flexibility index (Phi) is 5.54. The second kappa shape index (κ2) is 7.40. The third-order valence-corrected chi connectivity index (χ3v) is 3.78. The van der Waals surface area contributed by atoms with Crippen molar-refractivity contribution in [3.8, 4) is 0 Å². The molecule has 0 saturated carbocycles. The first-order chi connectivity index (χ1) is 10.5. The fraction of sp³-hybridized carbons (Fsp3) is 0.400. The fourth-order valence-corrected chi connectivity index (χ4v) is 2.54. The molecule has 1 fully saturated rings. The van der Waals surface area contributed by atoms with E-state index < -0.39 is 12.3 Å². The quantitative estimate of drug-likeness (QED) is 0.638. The van der Waals surface area contributed by atoms with Crippen molar-refractivity contribution < 1.29 is 19.1 Å². The molecule has 0 aromatic heterocycles. The fourth-order valence-electron chi connectivity index (χ4n) is 2.17. The van der Waals surface area contributed by atoms with E-state index in [-0.39, 0.29) is 36.1 Å². The minimum atomic E-state index is -0.759. The number of amides is 3. The molecule has 22 heavy (non-hydrogen) atoms. The van der Waals surface area contributed by atoms with Gasteiger partial charge in [-0.15, -0.1) is 0 Å². The van der Waals surface area contributed by atoms with Gasteiger partial charge in [-0.25, -0.2) is 4.79 Å². The third kappa shape index (κ3) is 4.07. The molecule has 1 aromatic carbocycles. The van der Waals surface area contributed by atoms with E-state index >= 15 is 0 Å². The third-order valence-electron chi connectivity index (χ3n) is 3.28. The van der Waals surface area contributed by atoms with Crippen LogP contribution in [0, 0.1) is 0 Å². The van der Waals surface area contributed by atoms with Gasteiger partial charge in [0.05, 0.1) is 4.83 Å². The maximum absolute atomic E-state index is 11.9. The molecule has 1 saturated heterocycles. The number of nitrogens with one attached hydrogen (secondary N) is 1. The maximum Gasteiger partial charge on any atom is 0.409 e. The number of alkyl halides is 1.